The molecule has 0 fully saturated rings. The number of rotatable bonds is 7. The summed E-state index contributed by atoms with van der Waals surface area (Å²) < 4.78 is 5.38. The van der Waals surface area contributed by atoms with E-state index in [2.05, 4.69) is 25.1 Å². The van der Waals surface area contributed by atoms with Gasteiger partial charge in [-0.1, -0.05) is 6.07 Å². The number of nitrogens with zero attached hydrogens (tertiary/aromatic N) is 1. The fraction of sp³-hybridized carbons (Fsp3) is 0.571. The van der Waals surface area contributed by atoms with Crippen molar-refractivity contribution < 1.29 is 4.74 Å². The van der Waals surface area contributed by atoms with Gasteiger partial charge in [0, 0.05) is 29.9 Å². The second-order valence-corrected chi connectivity index (χ2v) is 5.60. The monoisotopic (exact) mass is 268 g/mol. The van der Waals surface area contributed by atoms with Gasteiger partial charge >= 0.3 is 0 Å². The summed E-state index contributed by atoms with van der Waals surface area (Å²) in [4.78, 5) is 2.35. The number of hydrogen-bond acceptors (Lipinski definition) is 4. The van der Waals surface area contributed by atoms with Crippen molar-refractivity contribution in [1.29, 1.82) is 0 Å². The zero-order valence-electron chi connectivity index (χ0n) is 11.8. The highest BCUT2D eigenvalue weighted by Crippen LogP contribution is 2.23. The summed E-state index contributed by atoms with van der Waals surface area (Å²) >= 11 is 1.90. The molecular formula is C14H24N2OS. The van der Waals surface area contributed by atoms with E-state index in [1.165, 1.54) is 17.7 Å². The molecule has 0 aliphatic carbocycles. The molecule has 1 rings (SSSR count). The molecule has 3 nitrogen and oxygen atoms in total. The molecule has 0 saturated carbocycles. The summed E-state index contributed by atoms with van der Waals surface area (Å²) in [5, 5.41) is 0. The third kappa shape index (κ3) is 4.42. The first kappa shape index (κ1) is 15.2. The molecule has 0 aromatic heterocycles. The van der Waals surface area contributed by atoms with Crippen LogP contribution < -0.4 is 10.5 Å². The lowest BCUT2D eigenvalue weighted by atomic mass is 10.1. The average Bonchev–Trinajstić information content (AvgIpc) is 2.37. The normalized spacial score (nSPS) is 12.7. The molecule has 1 atom stereocenters. The highest BCUT2D eigenvalue weighted by molar-refractivity contribution is 7.98. The maximum absolute atomic E-state index is 5.76. The summed E-state index contributed by atoms with van der Waals surface area (Å²) in [6.07, 6.45) is 3.35. The minimum atomic E-state index is 0.569. The van der Waals surface area contributed by atoms with Crippen LogP contribution in [0, 0.1) is 0 Å². The maximum atomic E-state index is 5.76. The molecule has 1 unspecified atom stereocenters. The fourth-order valence-corrected chi connectivity index (χ4v) is 2.40. The quantitative estimate of drug-likeness (QED) is 0.772. The Morgan fingerprint density at radius 2 is 2.17 bits per heavy atom. The minimum Gasteiger partial charge on any atom is -0.496 e. The van der Waals surface area contributed by atoms with Gasteiger partial charge in [0.05, 0.1) is 7.11 Å². The lowest BCUT2D eigenvalue weighted by molar-refractivity contribution is 0.241. The van der Waals surface area contributed by atoms with E-state index in [1.54, 1.807) is 7.11 Å². The average molecular weight is 268 g/mol. The molecule has 1 aromatic carbocycles. The van der Waals surface area contributed by atoms with Gasteiger partial charge in [-0.25, -0.2) is 0 Å². The standard InChI is InChI=1S/C14H24N2OS/c1-11(7-8-18-4)16(2)10-12-5-6-13(15)9-14(12)17-3/h5-6,9,11H,7-8,10,15H2,1-4H3. The van der Waals surface area contributed by atoms with E-state index >= 15 is 0 Å². The van der Waals surface area contributed by atoms with Crippen LogP contribution in [-0.2, 0) is 6.54 Å². The Bertz CT molecular complexity index is 371. The molecule has 1 aromatic rings. The van der Waals surface area contributed by atoms with Crippen LogP contribution in [0.2, 0.25) is 0 Å². The van der Waals surface area contributed by atoms with Crippen molar-refractivity contribution in [2.24, 2.45) is 0 Å². The summed E-state index contributed by atoms with van der Waals surface area (Å²) in [6, 6.07) is 6.43. The summed E-state index contributed by atoms with van der Waals surface area (Å²) in [5.74, 6) is 2.07. The molecule has 2 N–H and O–H groups in total. The van der Waals surface area contributed by atoms with E-state index in [0.717, 1.165) is 18.0 Å². The topological polar surface area (TPSA) is 38.5 Å². The van der Waals surface area contributed by atoms with Gasteiger partial charge in [-0.15, -0.1) is 0 Å². The van der Waals surface area contributed by atoms with Crippen LogP contribution in [0.4, 0.5) is 5.69 Å². The van der Waals surface area contributed by atoms with Gasteiger partial charge in [0.25, 0.3) is 0 Å². The zero-order valence-corrected chi connectivity index (χ0v) is 12.6. The molecule has 0 aliphatic heterocycles. The first-order valence-electron chi connectivity index (χ1n) is 6.20. The van der Waals surface area contributed by atoms with Crippen LogP contribution in [0.1, 0.15) is 18.9 Å². The Morgan fingerprint density at radius 1 is 1.44 bits per heavy atom. The van der Waals surface area contributed by atoms with Crippen LogP contribution in [0.5, 0.6) is 5.75 Å². The van der Waals surface area contributed by atoms with Crippen molar-refractivity contribution in [2.45, 2.75) is 25.9 Å². The molecule has 0 saturated heterocycles. The van der Waals surface area contributed by atoms with Crippen molar-refractivity contribution in [2.75, 3.05) is 31.9 Å². The molecule has 4 heteroatoms. The van der Waals surface area contributed by atoms with E-state index in [4.69, 9.17) is 10.5 Å². The van der Waals surface area contributed by atoms with Gasteiger partial charge in [0.15, 0.2) is 0 Å². The van der Waals surface area contributed by atoms with E-state index in [-0.39, 0.29) is 0 Å². The largest absolute Gasteiger partial charge is 0.496 e. The predicted molar refractivity (Wildman–Crippen MR) is 81.3 cm³/mol. The SMILES string of the molecule is COc1cc(N)ccc1CN(C)C(C)CCSC. The number of anilines is 1. The van der Waals surface area contributed by atoms with E-state index < -0.39 is 0 Å². The number of hydrogen-bond donors (Lipinski definition) is 1. The highest BCUT2D eigenvalue weighted by atomic mass is 32.2. The number of benzene rings is 1. The smallest absolute Gasteiger partial charge is 0.125 e. The van der Waals surface area contributed by atoms with Crippen LogP contribution in [-0.4, -0.2) is 37.1 Å². The first-order chi connectivity index (χ1) is 8.58. The third-order valence-corrected chi connectivity index (χ3v) is 3.87. The van der Waals surface area contributed by atoms with Gasteiger partial charge in [0.2, 0.25) is 0 Å². The zero-order chi connectivity index (χ0) is 13.5. The maximum Gasteiger partial charge on any atom is 0.125 e. The number of nitrogens with two attached hydrogens (primary N) is 1. The molecule has 0 bridgehead atoms. The summed E-state index contributed by atoms with van der Waals surface area (Å²) in [6.45, 7) is 3.15. The first-order valence-corrected chi connectivity index (χ1v) is 7.59. The van der Waals surface area contributed by atoms with E-state index in [9.17, 15) is 0 Å². The van der Waals surface area contributed by atoms with Gasteiger partial charge in [0.1, 0.15) is 5.75 Å². The second kappa shape index (κ2) is 7.54. The van der Waals surface area contributed by atoms with Gasteiger partial charge in [-0.05, 0) is 38.5 Å². The fourth-order valence-electron chi connectivity index (χ4n) is 1.83. The van der Waals surface area contributed by atoms with Crippen molar-refractivity contribution in [3.05, 3.63) is 23.8 Å². The Labute approximate surface area is 115 Å². The minimum absolute atomic E-state index is 0.569. The van der Waals surface area contributed by atoms with Crippen LogP contribution in [0.15, 0.2) is 18.2 Å². The van der Waals surface area contributed by atoms with Crippen molar-refractivity contribution in [1.82, 2.24) is 4.90 Å². The predicted octanol–water partition coefficient (Wildman–Crippen LogP) is 2.85. The van der Waals surface area contributed by atoms with E-state index in [1.807, 2.05) is 30.0 Å². The Hall–Kier alpha value is -0.870. The molecule has 0 radical (unpaired) electrons. The lowest BCUT2D eigenvalue weighted by Crippen LogP contribution is -2.29. The number of ether oxygens (including phenoxy) is 1. The molecule has 0 amide bonds. The highest BCUT2D eigenvalue weighted by Gasteiger charge is 2.12. The molecule has 0 heterocycles. The third-order valence-electron chi connectivity index (χ3n) is 3.22. The molecule has 0 aliphatic rings. The molecule has 0 spiro atoms. The van der Waals surface area contributed by atoms with Crippen molar-refractivity contribution in [3.8, 4) is 5.75 Å². The van der Waals surface area contributed by atoms with Gasteiger partial charge in [-0.3, -0.25) is 4.90 Å². The molecule has 102 valence electrons. The number of nitrogen functional groups attached to an aromatic ring is 1. The van der Waals surface area contributed by atoms with Crippen molar-refractivity contribution in [3.63, 3.8) is 0 Å². The second-order valence-electron chi connectivity index (χ2n) is 4.62. The van der Waals surface area contributed by atoms with E-state index in [0.29, 0.717) is 6.04 Å². The van der Waals surface area contributed by atoms with Crippen LogP contribution >= 0.6 is 11.8 Å². The number of thioether (sulfide) groups is 1. The summed E-state index contributed by atoms with van der Waals surface area (Å²) in [5.41, 5.74) is 7.69. The molecular weight excluding hydrogens is 244 g/mol. The van der Waals surface area contributed by atoms with Crippen LogP contribution in [0.3, 0.4) is 0 Å². The Kier molecular flexibility index (Phi) is 6.36. The van der Waals surface area contributed by atoms with Gasteiger partial charge < -0.3 is 10.5 Å². The Balaban J connectivity index is 2.66. The van der Waals surface area contributed by atoms with Crippen molar-refractivity contribution >= 4 is 17.4 Å². The lowest BCUT2D eigenvalue weighted by Gasteiger charge is -2.25. The Morgan fingerprint density at radius 3 is 2.78 bits per heavy atom. The summed E-state index contributed by atoms with van der Waals surface area (Å²) in [7, 11) is 3.84. The van der Waals surface area contributed by atoms with Gasteiger partial charge in [-0.2, -0.15) is 11.8 Å². The van der Waals surface area contributed by atoms with Crippen LogP contribution in [0.25, 0.3) is 0 Å². The molecule has 18 heavy (non-hydrogen) atoms. The number of methoxy groups -OCH3 is 1.